The van der Waals surface area contributed by atoms with Crippen LogP contribution in [0.2, 0.25) is 0 Å². The summed E-state index contributed by atoms with van der Waals surface area (Å²) < 4.78 is 43.4. The molecule has 0 fully saturated rings. The van der Waals surface area contributed by atoms with Gasteiger partial charge in [0, 0.05) is 12.4 Å². The zero-order valence-electron chi connectivity index (χ0n) is 9.10. The molecule has 0 spiro atoms. The summed E-state index contributed by atoms with van der Waals surface area (Å²) in [7, 11) is 0. The van der Waals surface area contributed by atoms with Gasteiger partial charge in [0.1, 0.15) is 11.5 Å². The quantitative estimate of drug-likeness (QED) is 0.808. The van der Waals surface area contributed by atoms with E-state index in [-0.39, 0.29) is 11.5 Å². The van der Waals surface area contributed by atoms with Crippen molar-refractivity contribution in [3.05, 3.63) is 29.9 Å². The van der Waals surface area contributed by atoms with Gasteiger partial charge in [0.2, 0.25) is 5.82 Å². The van der Waals surface area contributed by atoms with Crippen molar-refractivity contribution in [3.8, 4) is 0 Å². The van der Waals surface area contributed by atoms with Crippen molar-refractivity contribution in [2.45, 2.75) is 6.18 Å². The number of nitrogens with one attached hydrogen (secondary N) is 2. The first-order valence-corrected chi connectivity index (χ1v) is 5.61. The zero-order valence-corrected chi connectivity index (χ0v) is 9.92. The van der Waals surface area contributed by atoms with Crippen molar-refractivity contribution in [2.75, 3.05) is 5.32 Å². The summed E-state index contributed by atoms with van der Waals surface area (Å²) in [5.41, 5.74) is 0.159. The molecule has 2 N–H and O–H groups in total. The Kier molecular flexibility index (Phi) is 3.69. The van der Waals surface area contributed by atoms with E-state index in [1.807, 2.05) is 0 Å². The van der Waals surface area contributed by atoms with Gasteiger partial charge in [-0.05, 0) is 12.1 Å². The molecular formula is C9H6F3N5OS. The van der Waals surface area contributed by atoms with Crippen LogP contribution in [0, 0.1) is 0 Å². The number of hydrogen-bond acceptors (Lipinski definition) is 6. The van der Waals surface area contributed by atoms with Gasteiger partial charge in [-0.1, -0.05) is 0 Å². The molecule has 100 valence electrons. The smallest absolute Gasteiger partial charge is 0.306 e. The van der Waals surface area contributed by atoms with Gasteiger partial charge in [0.05, 0.1) is 12.1 Å². The molecule has 0 aromatic carbocycles. The molecule has 0 aliphatic carbocycles. The maximum absolute atomic E-state index is 12.4. The van der Waals surface area contributed by atoms with E-state index < -0.39 is 17.9 Å². The largest absolute Gasteiger partial charge is 0.451 e. The van der Waals surface area contributed by atoms with E-state index in [0.717, 1.165) is 24.4 Å². The molecule has 2 rings (SSSR count). The number of carbonyl (C=O) groups is 1. The van der Waals surface area contributed by atoms with Crippen LogP contribution in [0.4, 0.5) is 19.0 Å². The van der Waals surface area contributed by atoms with Gasteiger partial charge in [-0.15, -0.1) is 0 Å². The standard InChI is InChI=1S/C9H6F3N5OS/c10-9(11,12)8-13-3-2-6(16-8)15-7(18)5-1-4-14-19-17-5/h1-4,17H,(H,13,15,16,18). The second kappa shape index (κ2) is 5.26. The average molecular weight is 289 g/mol. The molecule has 1 aliphatic rings. The third-order valence-electron chi connectivity index (χ3n) is 1.91. The lowest BCUT2D eigenvalue weighted by molar-refractivity contribution is -0.144. The highest BCUT2D eigenvalue weighted by atomic mass is 32.2. The van der Waals surface area contributed by atoms with E-state index in [1.54, 1.807) is 0 Å². The number of carbonyl (C=O) groups excluding carboxylic acids is 1. The number of rotatable bonds is 2. The number of nitrogens with zero attached hydrogens (tertiary/aromatic N) is 3. The van der Waals surface area contributed by atoms with E-state index >= 15 is 0 Å². The first-order valence-electron chi connectivity index (χ1n) is 4.84. The molecule has 2 heterocycles. The molecule has 19 heavy (non-hydrogen) atoms. The minimum atomic E-state index is -4.66. The second-order valence-electron chi connectivity index (χ2n) is 3.25. The van der Waals surface area contributed by atoms with Gasteiger partial charge >= 0.3 is 6.18 Å². The Balaban J connectivity index is 2.13. The van der Waals surface area contributed by atoms with Crippen LogP contribution >= 0.6 is 12.1 Å². The predicted molar refractivity (Wildman–Crippen MR) is 63.0 cm³/mol. The number of allylic oxidation sites excluding steroid dienone is 1. The monoisotopic (exact) mass is 289 g/mol. The molecule has 1 aliphatic heterocycles. The first-order chi connectivity index (χ1) is 8.97. The Labute approximate surface area is 109 Å². The zero-order chi connectivity index (χ0) is 13.9. The summed E-state index contributed by atoms with van der Waals surface area (Å²) in [5, 5.41) is 2.23. The third kappa shape index (κ3) is 3.44. The minimum absolute atomic E-state index is 0.159. The molecule has 1 aromatic rings. The highest BCUT2D eigenvalue weighted by molar-refractivity contribution is 7.96. The molecular weight excluding hydrogens is 283 g/mol. The molecule has 10 heteroatoms. The van der Waals surface area contributed by atoms with Crippen LogP contribution in [0.15, 0.2) is 28.4 Å². The van der Waals surface area contributed by atoms with E-state index in [0.29, 0.717) is 0 Å². The number of anilines is 1. The second-order valence-corrected chi connectivity index (χ2v) is 3.84. The fourth-order valence-corrected chi connectivity index (χ4v) is 1.55. The van der Waals surface area contributed by atoms with Gasteiger partial charge in [-0.25, -0.2) is 14.4 Å². The molecule has 1 amide bonds. The summed E-state index contributed by atoms with van der Waals surface area (Å²) >= 11 is 0.927. The van der Waals surface area contributed by atoms with Crippen molar-refractivity contribution in [1.29, 1.82) is 0 Å². The van der Waals surface area contributed by atoms with Crippen LogP contribution in [0.1, 0.15) is 5.82 Å². The minimum Gasteiger partial charge on any atom is -0.306 e. The normalized spacial score (nSPS) is 14.6. The van der Waals surface area contributed by atoms with E-state index in [9.17, 15) is 18.0 Å². The fourth-order valence-electron chi connectivity index (χ4n) is 1.12. The summed E-state index contributed by atoms with van der Waals surface area (Å²) in [6.07, 6.45) is -0.967. The number of aromatic nitrogens is 2. The molecule has 0 saturated heterocycles. The topological polar surface area (TPSA) is 79.3 Å². The van der Waals surface area contributed by atoms with Gasteiger partial charge in [0.25, 0.3) is 5.91 Å². The van der Waals surface area contributed by atoms with Gasteiger partial charge in [-0.2, -0.15) is 13.2 Å². The Morgan fingerprint density at radius 2 is 2.21 bits per heavy atom. The van der Waals surface area contributed by atoms with Crippen LogP contribution in [-0.2, 0) is 11.0 Å². The van der Waals surface area contributed by atoms with Crippen LogP contribution in [-0.4, -0.2) is 22.1 Å². The summed E-state index contributed by atoms with van der Waals surface area (Å²) in [5.74, 6) is -2.17. The summed E-state index contributed by atoms with van der Waals surface area (Å²) in [6, 6.07) is 1.16. The van der Waals surface area contributed by atoms with Gasteiger partial charge in [-0.3, -0.25) is 4.79 Å². The number of amides is 1. The highest BCUT2D eigenvalue weighted by Crippen LogP contribution is 2.26. The molecule has 0 saturated carbocycles. The Hall–Kier alpha value is -2.10. The third-order valence-corrected chi connectivity index (χ3v) is 2.44. The molecule has 0 bridgehead atoms. The van der Waals surface area contributed by atoms with Gasteiger partial charge in [0.15, 0.2) is 0 Å². The lowest BCUT2D eigenvalue weighted by Crippen LogP contribution is -2.24. The lowest BCUT2D eigenvalue weighted by atomic mass is 10.4. The maximum atomic E-state index is 12.4. The Morgan fingerprint density at radius 1 is 1.42 bits per heavy atom. The van der Waals surface area contributed by atoms with Crippen LogP contribution in [0.3, 0.4) is 0 Å². The average Bonchev–Trinajstić information content (AvgIpc) is 2.39. The molecule has 0 unspecified atom stereocenters. The number of hydrogen-bond donors (Lipinski definition) is 2. The molecule has 6 nitrogen and oxygen atoms in total. The Bertz CT molecular complexity index is 557. The predicted octanol–water partition coefficient (Wildman–Crippen LogP) is 1.55. The van der Waals surface area contributed by atoms with E-state index in [2.05, 4.69) is 24.4 Å². The van der Waals surface area contributed by atoms with E-state index in [1.165, 1.54) is 12.3 Å². The maximum Gasteiger partial charge on any atom is 0.451 e. The van der Waals surface area contributed by atoms with Crippen molar-refractivity contribution in [2.24, 2.45) is 4.40 Å². The van der Waals surface area contributed by atoms with Gasteiger partial charge < -0.3 is 10.0 Å². The van der Waals surface area contributed by atoms with Crippen molar-refractivity contribution in [1.82, 2.24) is 14.7 Å². The fraction of sp³-hybridized carbons (Fsp3) is 0.111. The van der Waals surface area contributed by atoms with Crippen molar-refractivity contribution >= 4 is 30.1 Å². The summed E-state index contributed by atoms with van der Waals surface area (Å²) in [4.78, 5) is 18.0. The molecule has 1 aromatic heterocycles. The molecule has 0 radical (unpaired) electrons. The SMILES string of the molecule is O=C(Nc1ccnc(C(F)(F)F)n1)C1=CC=NSN1. The highest BCUT2D eigenvalue weighted by Gasteiger charge is 2.34. The first kappa shape index (κ1) is 13.3. The van der Waals surface area contributed by atoms with Crippen molar-refractivity contribution < 1.29 is 18.0 Å². The molecule has 0 atom stereocenters. The number of halogens is 3. The lowest BCUT2D eigenvalue weighted by Gasteiger charge is -2.11. The van der Waals surface area contributed by atoms with Crippen molar-refractivity contribution in [3.63, 3.8) is 0 Å². The van der Waals surface area contributed by atoms with E-state index in [4.69, 9.17) is 0 Å². The number of alkyl halides is 3. The Morgan fingerprint density at radius 3 is 2.84 bits per heavy atom. The van der Waals surface area contributed by atoms with Crippen LogP contribution in [0.5, 0.6) is 0 Å². The summed E-state index contributed by atoms with van der Waals surface area (Å²) in [6.45, 7) is 0. The van der Waals surface area contributed by atoms with Crippen LogP contribution in [0.25, 0.3) is 0 Å². The van der Waals surface area contributed by atoms with Crippen LogP contribution < -0.4 is 10.0 Å².